The molecule has 0 saturated carbocycles. The molecule has 0 unspecified atom stereocenters. The van der Waals surface area contributed by atoms with Crippen molar-refractivity contribution in [2.24, 2.45) is 0 Å². The van der Waals surface area contributed by atoms with E-state index in [0.29, 0.717) is 10.7 Å². The minimum absolute atomic E-state index is 0.00630. The van der Waals surface area contributed by atoms with Gasteiger partial charge in [0.1, 0.15) is 0 Å². The third-order valence-electron chi connectivity index (χ3n) is 3.07. The lowest BCUT2D eigenvalue weighted by molar-refractivity contribution is -0.115. The van der Waals surface area contributed by atoms with Crippen LogP contribution in [0.1, 0.15) is 18.1 Å². The van der Waals surface area contributed by atoms with E-state index in [9.17, 15) is 4.79 Å². The molecule has 20 heavy (non-hydrogen) atoms. The molecule has 1 amide bonds. The molecular formula is C16H15Br2NO. The van der Waals surface area contributed by atoms with Gasteiger partial charge in [0.15, 0.2) is 0 Å². The predicted octanol–water partition coefficient (Wildman–Crippen LogP) is 5.16. The summed E-state index contributed by atoms with van der Waals surface area (Å²) in [5, 5.41) is 1.42. The number of alkyl halides is 2. The van der Waals surface area contributed by atoms with Crippen LogP contribution in [0.2, 0.25) is 0 Å². The monoisotopic (exact) mass is 395 g/mol. The molecule has 0 aliphatic rings. The number of hydrogen-bond acceptors (Lipinski definition) is 1. The first-order valence-corrected chi connectivity index (χ1v) is 8.51. The summed E-state index contributed by atoms with van der Waals surface area (Å²) in [7, 11) is 0. The number of para-hydroxylation sites is 2. The Balaban J connectivity index is 2.60. The van der Waals surface area contributed by atoms with Gasteiger partial charge < -0.3 is 0 Å². The zero-order valence-electron chi connectivity index (χ0n) is 11.1. The average Bonchev–Trinajstić information content (AvgIpc) is 2.48. The van der Waals surface area contributed by atoms with E-state index in [2.05, 4.69) is 31.9 Å². The Morgan fingerprint density at radius 2 is 1.30 bits per heavy atom. The topological polar surface area (TPSA) is 20.3 Å². The lowest BCUT2D eigenvalue weighted by Crippen LogP contribution is -2.24. The van der Waals surface area contributed by atoms with Gasteiger partial charge >= 0.3 is 0 Å². The Bertz CT molecular complexity index is 565. The van der Waals surface area contributed by atoms with Crippen LogP contribution in [0, 0.1) is 0 Å². The van der Waals surface area contributed by atoms with Crippen LogP contribution in [-0.2, 0) is 15.5 Å². The fourth-order valence-electron chi connectivity index (χ4n) is 2.15. The summed E-state index contributed by atoms with van der Waals surface area (Å²) in [4.78, 5) is 13.9. The predicted molar refractivity (Wildman–Crippen MR) is 91.0 cm³/mol. The average molecular weight is 397 g/mol. The molecule has 0 spiro atoms. The van der Waals surface area contributed by atoms with Crippen molar-refractivity contribution >= 4 is 49.1 Å². The molecule has 0 aromatic heterocycles. The lowest BCUT2D eigenvalue weighted by atomic mass is 10.1. The number of halogens is 2. The second-order valence-electron chi connectivity index (χ2n) is 4.38. The van der Waals surface area contributed by atoms with Crippen LogP contribution in [-0.4, -0.2) is 5.91 Å². The number of rotatable bonds is 4. The minimum atomic E-state index is 0.00630. The maximum absolute atomic E-state index is 12.2. The summed E-state index contributed by atoms with van der Waals surface area (Å²) in [5.74, 6) is 0.00630. The van der Waals surface area contributed by atoms with Gasteiger partial charge in [-0.05, 0) is 23.3 Å². The van der Waals surface area contributed by atoms with Gasteiger partial charge in [0, 0.05) is 17.6 Å². The third kappa shape index (κ3) is 3.13. The number of nitrogens with zero attached hydrogens (tertiary/aromatic N) is 1. The number of anilines is 2. The van der Waals surface area contributed by atoms with Crippen molar-refractivity contribution in [2.75, 3.05) is 4.90 Å². The second kappa shape index (κ2) is 7.04. The summed E-state index contributed by atoms with van der Waals surface area (Å²) in [5.41, 5.74) is 4.02. The Kier molecular flexibility index (Phi) is 5.38. The van der Waals surface area contributed by atoms with E-state index in [1.165, 1.54) is 0 Å². The van der Waals surface area contributed by atoms with E-state index >= 15 is 0 Å². The van der Waals surface area contributed by atoms with Crippen molar-refractivity contribution in [1.82, 2.24) is 0 Å². The molecule has 2 nitrogen and oxygen atoms in total. The fourth-order valence-corrected chi connectivity index (χ4v) is 3.10. The van der Waals surface area contributed by atoms with E-state index in [1.54, 1.807) is 11.8 Å². The Labute approximate surface area is 136 Å². The van der Waals surface area contributed by atoms with Crippen LogP contribution in [0.15, 0.2) is 48.5 Å². The van der Waals surface area contributed by atoms with Gasteiger partial charge in [-0.2, -0.15) is 0 Å². The van der Waals surface area contributed by atoms with Crippen LogP contribution in [0.5, 0.6) is 0 Å². The molecule has 104 valence electrons. The maximum atomic E-state index is 12.2. The molecule has 4 heteroatoms. The third-order valence-corrected chi connectivity index (χ3v) is 4.28. The van der Waals surface area contributed by atoms with Crippen LogP contribution < -0.4 is 4.90 Å². The smallest absolute Gasteiger partial charge is 0.228 e. The van der Waals surface area contributed by atoms with Gasteiger partial charge in [-0.1, -0.05) is 68.3 Å². The van der Waals surface area contributed by atoms with Crippen molar-refractivity contribution in [3.05, 3.63) is 59.7 Å². The van der Waals surface area contributed by atoms with Gasteiger partial charge in [-0.3, -0.25) is 9.69 Å². The van der Waals surface area contributed by atoms with Gasteiger partial charge in [-0.15, -0.1) is 0 Å². The first-order chi connectivity index (χ1) is 9.69. The van der Waals surface area contributed by atoms with Crippen molar-refractivity contribution in [2.45, 2.75) is 17.6 Å². The van der Waals surface area contributed by atoms with Gasteiger partial charge in [0.25, 0.3) is 0 Å². The van der Waals surface area contributed by atoms with E-state index in [0.717, 1.165) is 22.5 Å². The molecule has 0 fully saturated rings. The van der Waals surface area contributed by atoms with Crippen molar-refractivity contribution in [3.63, 3.8) is 0 Å². The SMILES string of the molecule is CC(=O)N(c1ccccc1CBr)c1ccccc1CBr. The highest BCUT2D eigenvalue weighted by Crippen LogP contribution is 2.33. The van der Waals surface area contributed by atoms with Crippen molar-refractivity contribution < 1.29 is 4.79 Å². The van der Waals surface area contributed by atoms with E-state index < -0.39 is 0 Å². The standard InChI is InChI=1S/C16H15Br2NO/c1-12(20)19(15-8-4-2-6-13(15)10-17)16-9-5-3-7-14(16)11-18/h2-9H,10-11H2,1H3. The van der Waals surface area contributed by atoms with E-state index in [1.807, 2.05) is 48.5 Å². The number of hydrogen-bond donors (Lipinski definition) is 0. The van der Waals surface area contributed by atoms with Crippen molar-refractivity contribution in [3.8, 4) is 0 Å². The van der Waals surface area contributed by atoms with Crippen LogP contribution >= 0.6 is 31.9 Å². The summed E-state index contributed by atoms with van der Waals surface area (Å²) in [6.07, 6.45) is 0. The zero-order chi connectivity index (χ0) is 14.5. The Morgan fingerprint density at radius 3 is 1.65 bits per heavy atom. The highest BCUT2D eigenvalue weighted by molar-refractivity contribution is 9.08. The number of carbonyl (C=O) groups excluding carboxylic acids is 1. The molecule has 0 aliphatic carbocycles. The van der Waals surface area contributed by atoms with Gasteiger partial charge in [-0.25, -0.2) is 0 Å². The van der Waals surface area contributed by atoms with E-state index in [4.69, 9.17) is 0 Å². The maximum Gasteiger partial charge on any atom is 0.228 e. The summed E-state index contributed by atoms with van der Waals surface area (Å²) in [6, 6.07) is 15.9. The highest BCUT2D eigenvalue weighted by Gasteiger charge is 2.19. The highest BCUT2D eigenvalue weighted by atomic mass is 79.9. The summed E-state index contributed by atoms with van der Waals surface area (Å²) >= 11 is 6.97. The molecule has 2 aromatic carbocycles. The lowest BCUT2D eigenvalue weighted by Gasteiger charge is -2.25. The molecule has 0 radical (unpaired) electrons. The number of benzene rings is 2. The Morgan fingerprint density at radius 1 is 0.900 bits per heavy atom. The normalized spacial score (nSPS) is 10.3. The molecule has 0 N–H and O–H groups in total. The molecule has 0 atom stereocenters. The zero-order valence-corrected chi connectivity index (χ0v) is 14.3. The first-order valence-electron chi connectivity index (χ1n) is 6.27. The van der Waals surface area contributed by atoms with Crippen LogP contribution in [0.3, 0.4) is 0 Å². The molecular weight excluding hydrogens is 382 g/mol. The second-order valence-corrected chi connectivity index (χ2v) is 5.50. The largest absolute Gasteiger partial charge is 0.281 e. The summed E-state index contributed by atoms with van der Waals surface area (Å²) < 4.78 is 0. The molecule has 2 rings (SSSR count). The number of amides is 1. The minimum Gasteiger partial charge on any atom is -0.281 e. The van der Waals surface area contributed by atoms with E-state index in [-0.39, 0.29) is 5.91 Å². The molecule has 0 saturated heterocycles. The Hall–Kier alpha value is -1.13. The molecule has 2 aromatic rings. The molecule has 0 bridgehead atoms. The fraction of sp³-hybridized carbons (Fsp3) is 0.188. The first kappa shape index (κ1) is 15.3. The summed E-state index contributed by atoms with van der Waals surface area (Å²) in [6.45, 7) is 1.59. The van der Waals surface area contributed by atoms with Gasteiger partial charge in [0.05, 0.1) is 11.4 Å². The van der Waals surface area contributed by atoms with Crippen LogP contribution in [0.25, 0.3) is 0 Å². The number of carbonyl (C=O) groups is 1. The quantitative estimate of drug-likeness (QED) is 0.653. The van der Waals surface area contributed by atoms with Crippen LogP contribution in [0.4, 0.5) is 11.4 Å². The van der Waals surface area contributed by atoms with Crippen molar-refractivity contribution in [1.29, 1.82) is 0 Å². The van der Waals surface area contributed by atoms with Gasteiger partial charge in [0.2, 0.25) is 5.91 Å². The molecule has 0 aliphatic heterocycles. The molecule has 0 heterocycles.